The largest absolute Gasteiger partial charge is 0.318 e. The van der Waals surface area contributed by atoms with Gasteiger partial charge in [-0.05, 0) is 73.5 Å². The summed E-state index contributed by atoms with van der Waals surface area (Å²) in [5, 5.41) is 21.0. The van der Waals surface area contributed by atoms with E-state index in [2.05, 4.69) is 10.6 Å². The first-order valence-electron chi connectivity index (χ1n) is 8.22. The lowest BCUT2D eigenvalue weighted by Gasteiger charge is -2.09. The van der Waals surface area contributed by atoms with Crippen LogP contribution in [-0.4, -0.2) is 9.49 Å². The molecular weight excluding hydrogens is 362 g/mol. The number of hydrogen-bond acceptors (Lipinski definition) is 3. The summed E-state index contributed by atoms with van der Waals surface area (Å²) in [6.07, 6.45) is 1.80. The van der Waals surface area contributed by atoms with Crippen molar-refractivity contribution in [3.8, 4) is 11.8 Å². The van der Waals surface area contributed by atoms with Crippen LogP contribution >= 0.6 is 11.6 Å². The van der Waals surface area contributed by atoms with E-state index in [9.17, 15) is 15.4 Å². The monoisotopic (exact) mass is 377 g/mol. The predicted molar refractivity (Wildman–Crippen MR) is 107 cm³/mol. The minimum absolute atomic E-state index is 0.00282. The van der Waals surface area contributed by atoms with Gasteiger partial charge in [-0.25, -0.2) is 0 Å². The maximum atomic E-state index is 10.8. The summed E-state index contributed by atoms with van der Waals surface area (Å²) in [5.74, 6) is 0. The van der Waals surface area contributed by atoms with Crippen LogP contribution in [0.25, 0.3) is 17.3 Å². The van der Waals surface area contributed by atoms with Crippen molar-refractivity contribution in [3.05, 3.63) is 92.2 Å². The van der Waals surface area contributed by atoms with Crippen LogP contribution in [0.4, 0.5) is 5.69 Å². The minimum atomic E-state index is -0.459. The predicted octanol–water partition coefficient (Wildman–Crippen LogP) is 5.72. The molecule has 6 heteroatoms. The van der Waals surface area contributed by atoms with Gasteiger partial charge in [0.05, 0.1) is 16.6 Å². The number of rotatable bonds is 4. The van der Waals surface area contributed by atoms with Crippen molar-refractivity contribution in [2.24, 2.45) is 0 Å². The van der Waals surface area contributed by atoms with Crippen LogP contribution in [0.2, 0.25) is 5.02 Å². The molecule has 0 spiro atoms. The summed E-state index contributed by atoms with van der Waals surface area (Å²) in [4.78, 5) is 10.3. The molecule has 0 aliphatic heterocycles. The molecule has 0 N–H and O–H groups in total. The molecule has 0 radical (unpaired) electrons. The van der Waals surface area contributed by atoms with Crippen LogP contribution in [0.15, 0.2) is 54.6 Å². The van der Waals surface area contributed by atoms with Crippen LogP contribution < -0.4 is 0 Å². The summed E-state index contributed by atoms with van der Waals surface area (Å²) in [6, 6.07) is 17.7. The van der Waals surface area contributed by atoms with Crippen LogP contribution in [-0.2, 0) is 0 Å². The maximum Gasteiger partial charge on any atom is 0.269 e. The Morgan fingerprint density at radius 2 is 1.78 bits per heavy atom. The second-order valence-corrected chi connectivity index (χ2v) is 6.55. The highest BCUT2D eigenvalue weighted by Crippen LogP contribution is 2.26. The number of nitrogens with zero attached hydrogens (tertiary/aromatic N) is 3. The number of benzene rings is 2. The maximum absolute atomic E-state index is 10.8. The van der Waals surface area contributed by atoms with Crippen LogP contribution in [0.1, 0.15) is 22.5 Å². The lowest BCUT2D eigenvalue weighted by molar-refractivity contribution is -0.384. The van der Waals surface area contributed by atoms with E-state index < -0.39 is 4.92 Å². The quantitative estimate of drug-likeness (QED) is 0.331. The SMILES string of the molecule is Cc1cc(C=C(C#N)c2ccc([N+](=O)[O-])cc2)c(C)n1-c1ccc(Cl)cc1. The second-order valence-electron chi connectivity index (χ2n) is 6.11. The number of non-ortho nitro benzene ring substituents is 1. The van der Waals surface area contributed by atoms with Gasteiger partial charge < -0.3 is 4.57 Å². The Morgan fingerprint density at radius 1 is 1.15 bits per heavy atom. The molecule has 0 amide bonds. The number of aromatic nitrogens is 1. The zero-order chi connectivity index (χ0) is 19.6. The van der Waals surface area contributed by atoms with E-state index in [0.29, 0.717) is 16.2 Å². The molecule has 3 rings (SSSR count). The summed E-state index contributed by atoms with van der Waals surface area (Å²) < 4.78 is 2.09. The molecule has 3 aromatic rings. The van der Waals surface area contributed by atoms with Crippen molar-refractivity contribution in [2.75, 3.05) is 0 Å². The van der Waals surface area contributed by atoms with Crippen LogP contribution in [0.3, 0.4) is 0 Å². The minimum Gasteiger partial charge on any atom is -0.318 e. The van der Waals surface area contributed by atoms with E-state index in [-0.39, 0.29) is 5.69 Å². The number of nitriles is 1. The molecule has 5 nitrogen and oxygen atoms in total. The van der Waals surface area contributed by atoms with Gasteiger partial charge in [-0.3, -0.25) is 10.1 Å². The smallest absolute Gasteiger partial charge is 0.269 e. The Bertz CT molecular complexity index is 1070. The number of aryl methyl sites for hydroxylation is 1. The Balaban J connectivity index is 2.03. The molecular formula is C21H16ClN3O2. The summed E-state index contributed by atoms with van der Waals surface area (Å²) in [6.45, 7) is 3.98. The molecule has 0 unspecified atom stereocenters. The van der Waals surface area contributed by atoms with Crippen LogP contribution in [0, 0.1) is 35.3 Å². The molecule has 0 aliphatic rings. The van der Waals surface area contributed by atoms with E-state index >= 15 is 0 Å². The molecule has 0 bridgehead atoms. The Morgan fingerprint density at radius 3 is 2.33 bits per heavy atom. The van der Waals surface area contributed by atoms with Gasteiger partial charge >= 0.3 is 0 Å². The summed E-state index contributed by atoms with van der Waals surface area (Å²) >= 11 is 5.97. The fourth-order valence-corrected chi connectivity index (χ4v) is 3.15. The fourth-order valence-electron chi connectivity index (χ4n) is 3.02. The Hall–Kier alpha value is -3.36. The third-order valence-electron chi connectivity index (χ3n) is 4.36. The molecule has 0 aliphatic carbocycles. The zero-order valence-electron chi connectivity index (χ0n) is 14.8. The van der Waals surface area contributed by atoms with E-state index in [1.807, 2.05) is 44.2 Å². The lowest BCUT2D eigenvalue weighted by atomic mass is 10.0. The van der Waals surface area contributed by atoms with Gasteiger partial charge in [0.15, 0.2) is 0 Å². The standard InChI is InChI=1S/C21H16ClN3O2/c1-14-11-17(15(2)24(14)20-9-5-19(22)6-10-20)12-18(13-23)16-3-7-21(8-4-16)25(26)27/h3-12H,1-2H3. The molecule has 2 aromatic carbocycles. The highest BCUT2D eigenvalue weighted by atomic mass is 35.5. The van der Waals surface area contributed by atoms with Crippen molar-refractivity contribution < 1.29 is 4.92 Å². The average molecular weight is 378 g/mol. The highest BCUT2D eigenvalue weighted by Gasteiger charge is 2.12. The van der Waals surface area contributed by atoms with Gasteiger partial charge in [0.1, 0.15) is 0 Å². The number of nitro benzene ring substituents is 1. The van der Waals surface area contributed by atoms with E-state index in [1.54, 1.807) is 18.2 Å². The lowest BCUT2D eigenvalue weighted by Crippen LogP contribution is -1.98. The van der Waals surface area contributed by atoms with E-state index in [4.69, 9.17) is 11.6 Å². The molecule has 0 fully saturated rings. The normalized spacial score (nSPS) is 11.3. The van der Waals surface area contributed by atoms with E-state index in [1.165, 1.54) is 12.1 Å². The number of halogens is 1. The fraction of sp³-hybridized carbons (Fsp3) is 0.0952. The molecule has 1 heterocycles. The molecule has 27 heavy (non-hydrogen) atoms. The number of hydrogen-bond donors (Lipinski definition) is 0. The third-order valence-corrected chi connectivity index (χ3v) is 4.62. The average Bonchev–Trinajstić information content (AvgIpc) is 2.94. The molecule has 0 saturated heterocycles. The molecule has 0 atom stereocenters. The first-order valence-corrected chi connectivity index (χ1v) is 8.60. The van der Waals surface area contributed by atoms with Gasteiger partial charge in [0, 0.05) is 34.2 Å². The number of allylic oxidation sites excluding steroid dienone is 1. The van der Waals surface area contributed by atoms with Gasteiger partial charge in [0.2, 0.25) is 0 Å². The zero-order valence-corrected chi connectivity index (χ0v) is 15.6. The Kier molecular flexibility index (Phi) is 5.11. The van der Waals surface area contributed by atoms with Gasteiger partial charge in [-0.1, -0.05) is 11.6 Å². The van der Waals surface area contributed by atoms with Crippen molar-refractivity contribution in [3.63, 3.8) is 0 Å². The number of nitro groups is 1. The topological polar surface area (TPSA) is 71.9 Å². The van der Waals surface area contributed by atoms with Gasteiger partial charge in [-0.2, -0.15) is 5.26 Å². The van der Waals surface area contributed by atoms with Crippen molar-refractivity contribution >= 4 is 28.9 Å². The van der Waals surface area contributed by atoms with Crippen molar-refractivity contribution in [1.82, 2.24) is 4.57 Å². The van der Waals surface area contributed by atoms with Crippen molar-refractivity contribution in [2.45, 2.75) is 13.8 Å². The van der Waals surface area contributed by atoms with Crippen molar-refractivity contribution in [1.29, 1.82) is 5.26 Å². The molecule has 134 valence electrons. The van der Waals surface area contributed by atoms with Gasteiger partial charge in [-0.15, -0.1) is 0 Å². The Labute approximate surface area is 161 Å². The summed E-state index contributed by atoms with van der Waals surface area (Å²) in [7, 11) is 0. The molecule has 0 saturated carbocycles. The molecule has 1 aromatic heterocycles. The first-order chi connectivity index (χ1) is 12.9. The van der Waals surface area contributed by atoms with Crippen LogP contribution in [0.5, 0.6) is 0 Å². The van der Waals surface area contributed by atoms with E-state index in [0.717, 1.165) is 22.6 Å². The van der Waals surface area contributed by atoms with Gasteiger partial charge in [0.25, 0.3) is 5.69 Å². The third kappa shape index (κ3) is 3.76. The summed E-state index contributed by atoms with van der Waals surface area (Å²) in [5.41, 5.74) is 5.00. The highest BCUT2D eigenvalue weighted by molar-refractivity contribution is 6.30. The first kappa shape index (κ1) is 18.4. The second kappa shape index (κ2) is 7.48.